The summed E-state index contributed by atoms with van der Waals surface area (Å²) in [5.74, 6) is 1.41. The first-order chi connectivity index (χ1) is 15.8. The number of nitrogens with one attached hydrogen (secondary N) is 1. The Balaban J connectivity index is 1.34. The summed E-state index contributed by atoms with van der Waals surface area (Å²) < 4.78 is 0. The van der Waals surface area contributed by atoms with Crippen LogP contribution in [0.25, 0.3) is 11.4 Å². The molecule has 2 atom stereocenters. The van der Waals surface area contributed by atoms with Crippen LogP contribution in [0.2, 0.25) is 5.02 Å². The molecule has 0 aliphatic carbocycles. The number of aryl methyl sites for hydroxylation is 3. The maximum Gasteiger partial charge on any atom is 0.229 e. The first-order valence-corrected chi connectivity index (χ1v) is 11.7. The number of pyridine rings is 2. The molecule has 1 spiro atoms. The minimum atomic E-state index is -0.306. The van der Waals surface area contributed by atoms with Gasteiger partial charge in [-0.3, -0.25) is 9.78 Å². The highest BCUT2D eigenvalue weighted by molar-refractivity contribution is 6.31. The lowest BCUT2D eigenvalue weighted by atomic mass is 9.86. The third kappa shape index (κ3) is 4.06. The van der Waals surface area contributed by atoms with Gasteiger partial charge in [0, 0.05) is 42.9 Å². The minimum Gasteiger partial charge on any atom is -0.363 e. The molecule has 0 saturated carbocycles. The Morgan fingerprint density at radius 3 is 2.76 bits per heavy atom. The molecule has 170 valence electrons. The fourth-order valence-corrected chi connectivity index (χ4v) is 5.23. The maximum absolute atomic E-state index is 13.3. The van der Waals surface area contributed by atoms with E-state index in [1.807, 2.05) is 37.8 Å². The van der Waals surface area contributed by atoms with Crippen LogP contribution in [0.3, 0.4) is 0 Å². The van der Waals surface area contributed by atoms with E-state index < -0.39 is 0 Å². The second-order valence-corrected chi connectivity index (χ2v) is 9.59. The van der Waals surface area contributed by atoms with E-state index in [2.05, 4.69) is 26.3 Å². The van der Waals surface area contributed by atoms with Crippen LogP contribution in [0.4, 0.5) is 5.82 Å². The molecule has 0 bridgehead atoms. The highest BCUT2D eigenvalue weighted by atomic mass is 35.5. The Kier molecular flexibility index (Phi) is 5.52. The van der Waals surface area contributed by atoms with Gasteiger partial charge in [-0.2, -0.15) is 0 Å². The van der Waals surface area contributed by atoms with Gasteiger partial charge in [0.05, 0.1) is 22.2 Å². The number of halogens is 1. The fourth-order valence-electron chi connectivity index (χ4n) is 4.97. The van der Waals surface area contributed by atoms with E-state index in [0.29, 0.717) is 17.4 Å². The number of likely N-dealkylation sites (tertiary alicyclic amines) is 1. The van der Waals surface area contributed by atoms with E-state index in [9.17, 15) is 4.79 Å². The standard InChI is InChI=1S/C25H27ClN6O/c1-15-11-19(21(26)13-29-15)16(2)24(33)32-10-7-25(14-32)6-5-18-12-20(17(3)30-22(18)31-25)23-27-8-4-9-28-23/h4,8-9,11-13,16H,5-7,10,14H2,1-3H3,(H,30,31)/t16-,25-/m0/s1. The van der Waals surface area contributed by atoms with Crippen LogP contribution in [0.1, 0.15) is 48.2 Å². The van der Waals surface area contributed by atoms with Gasteiger partial charge >= 0.3 is 0 Å². The molecule has 2 aliphatic rings. The molecule has 3 aromatic heterocycles. The molecule has 7 nitrogen and oxygen atoms in total. The van der Waals surface area contributed by atoms with Crippen LogP contribution in [0.15, 0.2) is 36.8 Å². The molecule has 33 heavy (non-hydrogen) atoms. The van der Waals surface area contributed by atoms with Gasteiger partial charge in [-0.1, -0.05) is 11.6 Å². The molecule has 1 saturated heterocycles. The Morgan fingerprint density at radius 2 is 1.97 bits per heavy atom. The Labute approximate surface area is 198 Å². The zero-order chi connectivity index (χ0) is 23.2. The van der Waals surface area contributed by atoms with Gasteiger partial charge in [0.15, 0.2) is 5.82 Å². The molecule has 0 aromatic carbocycles. The Bertz CT molecular complexity index is 1220. The fraction of sp³-hybridized carbons (Fsp3) is 0.400. The SMILES string of the molecule is Cc1cc([C@H](C)C(=O)N2CC[C@@]3(CCc4cc(-c5ncccn5)c(C)nc4N3)C2)c(Cl)cn1. The number of aromatic nitrogens is 4. The zero-order valence-electron chi connectivity index (χ0n) is 19.1. The number of carbonyl (C=O) groups excluding carboxylic acids is 1. The number of anilines is 1. The maximum atomic E-state index is 13.3. The summed E-state index contributed by atoms with van der Waals surface area (Å²) in [6.45, 7) is 7.22. The second-order valence-electron chi connectivity index (χ2n) is 9.19. The summed E-state index contributed by atoms with van der Waals surface area (Å²) in [6, 6.07) is 5.88. The molecular weight excluding hydrogens is 436 g/mol. The first kappa shape index (κ1) is 21.8. The largest absolute Gasteiger partial charge is 0.363 e. The first-order valence-electron chi connectivity index (χ1n) is 11.3. The number of nitrogens with zero attached hydrogens (tertiary/aromatic N) is 5. The molecule has 2 aliphatic heterocycles. The lowest BCUT2D eigenvalue weighted by Crippen LogP contribution is -2.46. The van der Waals surface area contributed by atoms with Gasteiger partial charge in [-0.05, 0) is 69.4 Å². The van der Waals surface area contributed by atoms with E-state index in [1.165, 1.54) is 5.56 Å². The molecule has 0 radical (unpaired) electrons. The average Bonchev–Trinajstić information content (AvgIpc) is 3.23. The third-order valence-corrected chi connectivity index (χ3v) is 7.20. The predicted octanol–water partition coefficient (Wildman–Crippen LogP) is 4.34. The molecular formula is C25H27ClN6O. The lowest BCUT2D eigenvalue weighted by Gasteiger charge is -2.36. The summed E-state index contributed by atoms with van der Waals surface area (Å²) in [6.07, 6.45) is 7.89. The summed E-state index contributed by atoms with van der Waals surface area (Å²) in [7, 11) is 0. The number of carbonyl (C=O) groups is 1. The van der Waals surface area contributed by atoms with E-state index in [1.54, 1.807) is 18.6 Å². The van der Waals surface area contributed by atoms with Gasteiger partial charge in [0.1, 0.15) is 5.82 Å². The summed E-state index contributed by atoms with van der Waals surface area (Å²) >= 11 is 6.35. The summed E-state index contributed by atoms with van der Waals surface area (Å²) in [5, 5.41) is 4.23. The second kappa shape index (κ2) is 8.37. The van der Waals surface area contributed by atoms with E-state index >= 15 is 0 Å². The number of rotatable bonds is 3. The molecule has 5 rings (SSSR count). The zero-order valence-corrected chi connectivity index (χ0v) is 19.9. The predicted molar refractivity (Wildman–Crippen MR) is 128 cm³/mol. The van der Waals surface area contributed by atoms with Crippen molar-refractivity contribution >= 4 is 23.3 Å². The Morgan fingerprint density at radius 1 is 1.18 bits per heavy atom. The van der Waals surface area contributed by atoms with Gasteiger partial charge in [0.25, 0.3) is 0 Å². The quantitative estimate of drug-likeness (QED) is 0.623. The van der Waals surface area contributed by atoms with Gasteiger partial charge < -0.3 is 10.2 Å². The molecule has 8 heteroatoms. The van der Waals surface area contributed by atoms with Crippen molar-refractivity contribution in [2.24, 2.45) is 0 Å². The van der Waals surface area contributed by atoms with Crippen LogP contribution < -0.4 is 5.32 Å². The Hall–Kier alpha value is -3.06. The van der Waals surface area contributed by atoms with Gasteiger partial charge in [-0.15, -0.1) is 0 Å². The molecule has 5 heterocycles. The van der Waals surface area contributed by atoms with E-state index in [0.717, 1.165) is 54.1 Å². The molecule has 3 aromatic rings. The smallest absolute Gasteiger partial charge is 0.229 e. The van der Waals surface area contributed by atoms with Crippen molar-refractivity contribution in [1.29, 1.82) is 0 Å². The normalized spacial score (nSPS) is 20.4. The lowest BCUT2D eigenvalue weighted by molar-refractivity contribution is -0.131. The number of fused-ring (bicyclic) bond motifs is 1. The summed E-state index contributed by atoms with van der Waals surface area (Å²) in [5.41, 5.74) is 4.58. The molecule has 1 amide bonds. The van der Waals surface area contributed by atoms with Crippen molar-refractivity contribution in [2.45, 2.75) is 51.5 Å². The number of hydrogen-bond acceptors (Lipinski definition) is 6. The monoisotopic (exact) mass is 462 g/mol. The van der Waals surface area contributed by atoms with Crippen molar-refractivity contribution in [2.75, 3.05) is 18.4 Å². The van der Waals surface area contributed by atoms with Crippen LogP contribution in [0, 0.1) is 13.8 Å². The molecule has 0 unspecified atom stereocenters. The number of hydrogen-bond donors (Lipinski definition) is 1. The summed E-state index contributed by atoms with van der Waals surface area (Å²) in [4.78, 5) is 33.1. The molecule has 1 fully saturated rings. The highest BCUT2D eigenvalue weighted by Gasteiger charge is 2.43. The van der Waals surface area contributed by atoms with Gasteiger partial charge in [-0.25, -0.2) is 15.0 Å². The minimum absolute atomic E-state index is 0.104. The van der Waals surface area contributed by atoms with Crippen LogP contribution in [-0.4, -0.2) is 49.4 Å². The third-order valence-electron chi connectivity index (χ3n) is 6.88. The van der Waals surface area contributed by atoms with Crippen LogP contribution in [-0.2, 0) is 11.2 Å². The highest BCUT2D eigenvalue weighted by Crippen LogP contribution is 2.39. The van der Waals surface area contributed by atoms with Crippen molar-refractivity contribution in [3.8, 4) is 11.4 Å². The average molecular weight is 463 g/mol. The van der Waals surface area contributed by atoms with Gasteiger partial charge in [0.2, 0.25) is 5.91 Å². The van der Waals surface area contributed by atoms with Crippen molar-refractivity contribution in [1.82, 2.24) is 24.8 Å². The number of amides is 1. The molecule has 1 N–H and O–H groups in total. The van der Waals surface area contributed by atoms with E-state index in [-0.39, 0.29) is 17.4 Å². The topological polar surface area (TPSA) is 83.9 Å². The van der Waals surface area contributed by atoms with Crippen molar-refractivity contribution in [3.63, 3.8) is 0 Å². The van der Waals surface area contributed by atoms with Crippen LogP contribution in [0.5, 0.6) is 0 Å². The van der Waals surface area contributed by atoms with Crippen molar-refractivity contribution in [3.05, 3.63) is 64.3 Å². The van der Waals surface area contributed by atoms with Crippen LogP contribution >= 0.6 is 11.6 Å². The van der Waals surface area contributed by atoms with Crippen molar-refractivity contribution < 1.29 is 4.79 Å². The van der Waals surface area contributed by atoms with E-state index in [4.69, 9.17) is 16.6 Å².